The second-order valence-corrected chi connectivity index (χ2v) is 12.2. The maximum Gasteiger partial charge on any atom is 0.327 e. The molecule has 1 unspecified atom stereocenters. The summed E-state index contributed by atoms with van der Waals surface area (Å²) in [7, 11) is 0. The quantitative estimate of drug-likeness (QED) is 0.397. The van der Waals surface area contributed by atoms with E-state index >= 15 is 0 Å². The van der Waals surface area contributed by atoms with Gasteiger partial charge < -0.3 is 10.2 Å². The molecule has 2 aromatic carbocycles. The van der Waals surface area contributed by atoms with Crippen LogP contribution >= 0.6 is 24.0 Å². The van der Waals surface area contributed by atoms with Crippen LogP contribution in [0.15, 0.2) is 47.4 Å². The lowest BCUT2D eigenvalue weighted by Crippen LogP contribution is -2.45. The molecule has 1 heterocycles. The van der Waals surface area contributed by atoms with Gasteiger partial charge in [-0.2, -0.15) is 0 Å². The molecule has 0 aliphatic carbocycles. The molecule has 34 heavy (non-hydrogen) atoms. The summed E-state index contributed by atoms with van der Waals surface area (Å²) in [6.45, 7) is 12.2. The van der Waals surface area contributed by atoms with Crippen LogP contribution in [0.25, 0.3) is 6.08 Å². The first-order valence-corrected chi connectivity index (χ1v) is 12.3. The van der Waals surface area contributed by atoms with Crippen molar-refractivity contribution >= 4 is 46.3 Å². The zero-order valence-electron chi connectivity index (χ0n) is 20.4. The van der Waals surface area contributed by atoms with Crippen molar-refractivity contribution in [3.05, 3.63) is 69.6 Å². The summed E-state index contributed by atoms with van der Waals surface area (Å²) < 4.78 is 0.227. The zero-order valence-corrected chi connectivity index (χ0v) is 22.0. The molecule has 2 aromatic rings. The molecule has 180 valence electrons. The van der Waals surface area contributed by atoms with Crippen LogP contribution in [0, 0.1) is 0 Å². The number of carbonyl (C=O) groups is 2. The Morgan fingerprint density at radius 2 is 1.59 bits per heavy atom. The summed E-state index contributed by atoms with van der Waals surface area (Å²) in [6.07, 6.45) is 1.90. The number of amides is 1. The Morgan fingerprint density at radius 3 is 2.06 bits per heavy atom. The number of nitrogens with zero attached hydrogens (tertiary/aromatic N) is 1. The van der Waals surface area contributed by atoms with Gasteiger partial charge in [-0.1, -0.05) is 95.9 Å². The number of carboxylic acid groups (broad SMARTS) is 1. The molecule has 1 saturated heterocycles. The Hall–Kier alpha value is -2.64. The highest BCUT2D eigenvalue weighted by atomic mass is 32.2. The summed E-state index contributed by atoms with van der Waals surface area (Å²) in [4.78, 5) is 27.0. The van der Waals surface area contributed by atoms with E-state index in [0.29, 0.717) is 4.91 Å². The molecule has 0 radical (unpaired) electrons. The molecule has 1 aliphatic heterocycles. The lowest BCUT2D eigenvalue weighted by Gasteiger charge is -2.28. The zero-order chi connectivity index (χ0) is 25.4. The Kier molecular flexibility index (Phi) is 7.29. The number of phenolic OH excluding ortho intramolecular Hbond substituents is 1. The van der Waals surface area contributed by atoms with E-state index in [1.54, 1.807) is 6.08 Å². The van der Waals surface area contributed by atoms with Crippen molar-refractivity contribution in [1.29, 1.82) is 0 Å². The molecule has 1 aliphatic rings. The monoisotopic (exact) mass is 497 g/mol. The largest absolute Gasteiger partial charge is 0.507 e. The minimum atomic E-state index is -1.10. The Bertz CT molecular complexity index is 1120. The Balaban J connectivity index is 2.02. The average molecular weight is 498 g/mol. The van der Waals surface area contributed by atoms with Crippen molar-refractivity contribution in [2.75, 3.05) is 0 Å². The van der Waals surface area contributed by atoms with Crippen LogP contribution in [-0.4, -0.2) is 37.4 Å². The van der Waals surface area contributed by atoms with Crippen molar-refractivity contribution in [3.63, 3.8) is 0 Å². The van der Waals surface area contributed by atoms with Gasteiger partial charge in [0.15, 0.2) is 0 Å². The van der Waals surface area contributed by atoms with E-state index < -0.39 is 17.9 Å². The number of benzene rings is 2. The molecule has 1 atom stereocenters. The topological polar surface area (TPSA) is 77.8 Å². The SMILES string of the molecule is CC(C)(C)c1cc(C=C2SC(=S)N(C(Cc3ccccc3)C(=O)O)C2=O)cc(C(C)(C)C)c1O. The van der Waals surface area contributed by atoms with E-state index in [1.807, 2.05) is 84.0 Å². The van der Waals surface area contributed by atoms with E-state index in [4.69, 9.17) is 12.2 Å². The van der Waals surface area contributed by atoms with E-state index in [9.17, 15) is 19.8 Å². The van der Waals surface area contributed by atoms with Gasteiger partial charge in [-0.3, -0.25) is 9.69 Å². The van der Waals surface area contributed by atoms with Crippen LogP contribution < -0.4 is 0 Å². The molecule has 5 nitrogen and oxygen atoms in total. The van der Waals surface area contributed by atoms with E-state index in [0.717, 1.165) is 34.0 Å². The standard InChI is InChI=1S/C27H31NO4S2/c1-26(2,3)18-12-17(13-19(22(18)29)27(4,5)6)15-21-23(30)28(25(33)34-21)20(24(31)32)14-16-10-8-7-9-11-16/h7-13,15,20,29H,14H2,1-6H3,(H,31,32). The number of phenols is 1. The van der Waals surface area contributed by atoms with Crippen molar-refractivity contribution < 1.29 is 19.8 Å². The minimum absolute atomic E-state index is 0.164. The van der Waals surface area contributed by atoms with Crippen molar-refractivity contribution in [2.45, 2.75) is 64.8 Å². The molecule has 7 heteroatoms. The smallest absolute Gasteiger partial charge is 0.327 e. The molecule has 1 fully saturated rings. The highest BCUT2D eigenvalue weighted by Gasteiger charge is 2.40. The molecule has 0 aromatic heterocycles. The number of carbonyl (C=O) groups excluding carboxylic acids is 1. The van der Waals surface area contributed by atoms with Crippen LogP contribution in [-0.2, 0) is 26.8 Å². The van der Waals surface area contributed by atoms with Gasteiger partial charge in [0.25, 0.3) is 5.91 Å². The fraction of sp³-hybridized carbons (Fsp3) is 0.370. The number of hydrogen-bond donors (Lipinski definition) is 2. The lowest BCUT2D eigenvalue weighted by atomic mass is 9.78. The van der Waals surface area contributed by atoms with Crippen molar-refractivity contribution in [3.8, 4) is 5.75 Å². The molecule has 0 bridgehead atoms. The second-order valence-electron chi connectivity index (χ2n) is 10.6. The summed E-state index contributed by atoms with van der Waals surface area (Å²) in [5.74, 6) is -1.25. The number of carboxylic acids is 1. The second kappa shape index (κ2) is 9.55. The van der Waals surface area contributed by atoms with Gasteiger partial charge in [0.2, 0.25) is 0 Å². The average Bonchev–Trinajstić information content (AvgIpc) is 2.99. The molecule has 3 rings (SSSR count). The van der Waals surface area contributed by atoms with Gasteiger partial charge in [0.1, 0.15) is 16.1 Å². The van der Waals surface area contributed by atoms with E-state index in [2.05, 4.69) is 0 Å². The highest BCUT2D eigenvalue weighted by Crippen LogP contribution is 2.41. The van der Waals surface area contributed by atoms with Gasteiger partial charge in [0, 0.05) is 17.5 Å². The van der Waals surface area contributed by atoms with Gasteiger partial charge in [0.05, 0.1) is 4.91 Å². The maximum atomic E-state index is 13.3. The predicted octanol–water partition coefficient (Wildman–Crippen LogP) is 5.88. The normalized spacial score (nSPS) is 16.9. The number of thiocarbonyl (C=S) groups is 1. The number of hydrogen-bond acceptors (Lipinski definition) is 5. The molecular formula is C27H31NO4S2. The van der Waals surface area contributed by atoms with Crippen LogP contribution in [0.2, 0.25) is 0 Å². The van der Waals surface area contributed by atoms with E-state index in [-0.39, 0.29) is 27.3 Å². The predicted molar refractivity (Wildman–Crippen MR) is 142 cm³/mol. The number of thioether (sulfide) groups is 1. The Morgan fingerprint density at radius 1 is 1.06 bits per heavy atom. The summed E-state index contributed by atoms with van der Waals surface area (Å²) >= 11 is 6.54. The van der Waals surface area contributed by atoms with Crippen LogP contribution in [0.5, 0.6) is 5.75 Å². The van der Waals surface area contributed by atoms with Crippen LogP contribution in [0.3, 0.4) is 0 Å². The van der Waals surface area contributed by atoms with Gasteiger partial charge in [-0.25, -0.2) is 4.79 Å². The summed E-state index contributed by atoms with van der Waals surface area (Å²) in [5.41, 5.74) is 2.54. The highest BCUT2D eigenvalue weighted by molar-refractivity contribution is 8.26. The van der Waals surface area contributed by atoms with Gasteiger partial charge in [-0.05, 0) is 40.2 Å². The van der Waals surface area contributed by atoms with Gasteiger partial charge >= 0.3 is 5.97 Å². The van der Waals surface area contributed by atoms with Crippen LogP contribution in [0.4, 0.5) is 0 Å². The summed E-state index contributed by atoms with van der Waals surface area (Å²) in [5, 5.41) is 20.8. The number of aliphatic carboxylic acids is 1. The molecular weight excluding hydrogens is 466 g/mol. The van der Waals surface area contributed by atoms with Gasteiger partial charge in [-0.15, -0.1) is 0 Å². The van der Waals surface area contributed by atoms with Crippen molar-refractivity contribution in [2.24, 2.45) is 0 Å². The van der Waals surface area contributed by atoms with Crippen LogP contribution in [0.1, 0.15) is 63.8 Å². The Labute approximate surface area is 210 Å². The lowest BCUT2D eigenvalue weighted by molar-refractivity contribution is -0.145. The fourth-order valence-electron chi connectivity index (χ4n) is 3.91. The first-order valence-electron chi connectivity index (χ1n) is 11.1. The minimum Gasteiger partial charge on any atom is -0.507 e. The third-order valence-corrected chi connectivity index (χ3v) is 7.07. The summed E-state index contributed by atoms with van der Waals surface area (Å²) in [6, 6.07) is 11.9. The number of rotatable bonds is 5. The van der Waals surface area contributed by atoms with E-state index in [1.165, 1.54) is 4.90 Å². The third kappa shape index (κ3) is 5.53. The number of aromatic hydroxyl groups is 1. The maximum absolute atomic E-state index is 13.3. The van der Waals surface area contributed by atoms with Crippen molar-refractivity contribution in [1.82, 2.24) is 4.90 Å². The first kappa shape index (κ1) is 26.0. The third-order valence-electron chi connectivity index (χ3n) is 5.74. The fourth-order valence-corrected chi connectivity index (χ4v) is 5.27. The molecule has 0 spiro atoms. The molecule has 1 amide bonds. The molecule has 0 saturated carbocycles. The molecule has 2 N–H and O–H groups in total. The first-order chi connectivity index (χ1) is 15.7.